The lowest BCUT2D eigenvalue weighted by atomic mass is 10.1. The molecule has 0 radical (unpaired) electrons. The molecule has 1 fully saturated rings. The first-order chi connectivity index (χ1) is 11.5. The van der Waals surface area contributed by atoms with Crippen LogP contribution in [0.25, 0.3) is 11.4 Å². The molecule has 0 aliphatic carbocycles. The highest BCUT2D eigenvalue weighted by Crippen LogP contribution is 2.24. The molecule has 2 aromatic rings. The molecule has 1 aromatic heterocycles. The van der Waals surface area contributed by atoms with E-state index in [1.54, 1.807) is 23.1 Å². The topological polar surface area (TPSA) is 92.1 Å². The van der Waals surface area contributed by atoms with E-state index >= 15 is 0 Å². The van der Waals surface area contributed by atoms with E-state index in [1.807, 2.05) is 0 Å². The number of carbonyl (C=O) groups is 1. The Balaban J connectivity index is 1.87. The third-order valence-electron chi connectivity index (χ3n) is 4.07. The van der Waals surface area contributed by atoms with Crippen molar-refractivity contribution in [3.8, 4) is 11.4 Å². The summed E-state index contributed by atoms with van der Waals surface area (Å²) in [5.41, 5.74) is 5.74. The molecule has 2 heterocycles. The van der Waals surface area contributed by atoms with Gasteiger partial charge < -0.3 is 15.6 Å². The fraction of sp³-hybridized carbons (Fsp3) is 0.312. The summed E-state index contributed by atoms with van der Waals surface area (Å²) in [6, 6.07) is 4.86. The van der Waals surface area contributed by atoms with Gasteiger partial charge in [-0.05, 0) is 37.1 Å². The molecule has 1 aliphatic heterocycles. The van der Waals surface area contributed by atoms with Crippen LogP contribution >= 0.6 is 23.2 Å². The van der Waals surface area contributed by atoms with Crippen molar-refractivity contribution in [2.24, 2.45) is 11.7 Å². The van der Waals surface area contributed by atoms with E-state index in [9.17, 15) is 9.59 Å². The second-order valence-electron chi connectivity index (χ2n) is 5.77. The van der Waals surface area contributed by atoms with Gasteiger partial charge in [0.2, 0.25) is 0 Å². The zero-order valence-electron chi connectivity index (χ0n) is 12.8. The molecule has 1 aromatic carbocycles. The predicted molar refractivity (Wildman–Crippen MR) is 93.4 cm³/mol. The van der Waals surface area contributed by atoms with Gasteiger partial charge in [-0.2, -0.15) is 0 Å². The van der Waals surface area contributed by atoms with Crippen LogP contribution in [0.2, 0.25) is 10.0 Å². The fourth-order valence-electron chi connectivity index (χ4n) is 2.76. The number of nitrogens with one attached hydrogen (secondary N) is 1. The molecule has 3 rings (SSSR count). The predicted octanol–water partition coefficient (Wildman–Crippen LogP) is 2.16. The molecule has 0 saturated carbocycles. The maximum absolute atomic E-state index is 12.5. The Morgan fingerprint density at radius 3 is 2.62 bits per heavy atom. The third kappa shape index (κ3) is 3.45. The number of amides is 1. The molecule has 0 spiro atoms. The number of aromatic amines is 1. The second-order valence-corrected chi connectivity index (χ2v) is 6.65. The summed E-state index contributed by atoms with van der Waals surface area (Å²) in [4.78, 5) is 33.2. The van der Waals surface area contributed by atoms with E-state index in [0.717, 1.165) is 6.42 Å². The van der Waals surface area contributed by atoms with E-state index < -0.39 is 5.56 Å². The summed E-state index contributed by atoms with van der Waals surface area (Å²) in [5, 5.41) is 0.871. The van der Waals surface area contributed by atoms with Gasteiger partial charge in [-0.3, -0.25) is 9.59 Å². The summed E-state index contributed by atoms with van der Waals surface area (Å²) < 4.78 is 0. The zero-order valence-corrected chi connectivity index (χ0v) is 14.3. The van der Waals surface area contributed by atoms with Crippen LogP contribution in [0.1, 0.15) is 16.8 Å². The molecular formula is C16H16Cl2N4O2. The number of hydrogen-bond acceptors (Lipinski definition) is 4. The highest BCUT2D eigenvalue weighted by molar-refractivity contribution is 6.35. The lowest BCUT2D eigenvalue weighted by molar-refractivity contribution is 0.0785. The van der Waals surface area contributed by atoms with Crippen molar-refractivity contribution in [3.05, 3.63) is 50.4 Å². The average Bonchev–Trinajstić information content (AvgIpc) is 3.02. The largest absolute Gasteiger partial charge is 0.338 e. The molecule has 1 atom stereocenters. The molecule has 1 amide bonds. The van der Waals surface area contributed by atoms with E-state index in [-0.39, 0.29) is 17.4 Å². The maximum Gasteiger partial charge on any atom is 0.264 e. The minimum absolute atomic E-state index is 0.0181. The second kappa shape index (κ2) is 6.93. The number of nitrogens with zero attached hydrogens (tertiary/aromatic N) is 2. The third-order valence-corrected chi connectivity index (χ3v) is 4.51. The van der Waals surface area contributed by atoms with Crippen molar-refractivity contribution >= 4 is 29.1 Å². The van der Waals surface area contributed by atoms with Gasteiger partial charge >= 0.3 is 0 Å². The lowest BCUT2D eigenvalue weighted by Gasteiger charge is -2.15. The Hall–Kier alpha value is -1.89. The summed E-state index contributed by atoms with van der Waals surface area (Å²) in [5.74, 6) is 0.270. The van der Waals surface area contributed by atoms with Gasteiger partial charge in [0.1, 0.15) is 11.4 Å². The van der Waals surface area contributed by atoms with Crippen LogP contribution in [0.15, 0.2) is 29.2 Å². The van der Waals surface area contributed by atoms with Gasteiger partial charge in [-0.1, -0.05) is 23.2 Å². The number of halogens is 2. The molecule has 6 nitrogen and oxygen atoms in total. The minimum atomic E-state index is -0.489. The monoisotopic (exact) mass is 366 g/mol. The minimum Gasteiger partial charge on any atom is -0.338 e. The number of rotatable bonds is 3. The quantitative estimate of drug-likeness (QED) is 0.870. The van der Waals surface area contributed by atoms with E-state index in [4.69, 9.17) is 28.9 Å². The van der Waals surface area contributed by atoms with Crippen molar-refractivity contribution < 1.29 is 4.79 Å². The molecule has 0 unspecified atom stereocenters. The number of aromatic nitrogens is 2. The van der Waals surface area contributed by atoms with Crippen molar-refractivity contribution in [3.63, 3.8) is 0 Å². The fourth-order valence-corrected chi connectivity index (χ4v) is 3.29. The number of hydrogen-bond donors (Lipinski definition) is 2. The SMILES string of the molecule is NC[C@H]1CCN(C(=O)c2cnc(-c3cc(Cl)cc(Cl)c3)[nH]c2=O)C1. The molecule has 1 aliphatic rings. The number of H-pyrrole nitrogens is 1. The first kappa shape index (κ1) is 17.0. The molecule has 3 N–H and O–H groups in total. The van der Waals surface area contributed by atoms with E-state index in [1.165, 1.54) is 6.20 Å². The smallest absolute Gasteiger partial charge is 0.264 e. The average molecular weight is 367 g/mol. The van der Waals surface area contributed by atoms with E-state index in [2.05, 4.69) is 9.97 Å². The molecular weight excluding hydrogens is 351 g/mol. The van der Waals surface area contributed by atoms with Crippen molar-refractivity contribution in [1.29, 1.82) is 0 Å². The maximum atomic E-state index is 12.5. The molecule has 126 valence electrons. The summed E-state index contributed by atoms with van der Waals surface area (Å²) in [6.07, 6.45) is 2.15. The van der Waals surface area contributed by atoms with Crippen LogP contribution in [0.4, 0.5) is 0 Å². The Labute approximate surface area is 148 Å². The van der Waals surface area contributed by atoms with Crippen LogP contribution in [0, 0.1) is 5.92 Å². The van der Waals surface area contributed by atoms with Gasteiger partial charge in [0, 0.05) is 34.9 Å². The number of benzene rings is 1. The first-order valence-corrected chi connectivity index (χ1v) is 8.28. The van der Waals surface area contributed by atoms with Gasteiger partial charge in [-0.15, -0.1) is 0 Å². The highest BCUT2D eigenvalue weighted by Gasteiger charge is 2.27. The summed E-state index contributed by atoms with van der Waals surface area (Å²) in [6.45, 7) is 1.71. The van der Waals surface area contributed by atoms with Crippen molar-refractivity contribution in [2.75, 3.05) is 19.6 Å². The number of likely N-dealkylation sites (tertiary alicyclic amines) is 1. The Bertz CT molecular complexity index is 817. The Morgan fingerprint density at radius 2 is 2.04 bits per heavy atom. The molecule has 24 heavy (non-hydrogen) atoms. The van der Waals surface area contributed by atoms with Crippen LogP contribution in [0.5, 0.6) is 0 Å². The van der Waals surface area contributed by atoms with Gasteiger partial charge in [0.05, 0.1) is 0 Å². The molecule has 1 saturated heterocycles. The highest BCUT2D eigenvalue weighted by atomic mass is 35.5. The number of carbonyl (C=O) groups excluding carboxylic acids is 1. The van der Waals surface area contributed by atoms with Crippen molar-refractivity contribution in [2.45, 2.75) is 6.42 Å². The van der Waals surface area contributed by atoms with Crippen LogP contribution in [-0.2, 0) is 0 Å². The van der Waals surface area contributed by atoms with Crippen molar-refractivity contribution in [1.82, 2.24) is 14.9 Å². The van der Waals surface area contributed by atoms with Crippen LogP contribution in [-0.4, -0.2) is 40.4 Å². The number of nitrogens with two attached hydrogens (primary N) is 1. The zero-order chi connectivity index (χ0) is 17.3. The van der Waals surface area contributed by atoms with Crippen LogP contribution in [0.3, 0.4) is 0 Å². The molecule has 8 heteroatoms. The first-order valence-electron chi connectivity index (χ1n) is 7.53. The lowest BCUT2D eigenvalue weighted by Crippen LogP contribution is -2.34. The van der Waals surface area contributed by atoms with Gasteiger partial charge in [-0.25, -0.2) is 4.98 Å². The Morgan fingerprint density at radius 1 is 1.33 bits per heavy atom. The normalized spacial score (nSPS) is 17.3. The Kier molecular flexibility index (Phi) is 4.89. The summed E-state index contributed by atoms with van der Waals surface area (Å²) in [7, 11) is 0. The van der Waals surface area contributed by atoms with Gasteiger partial charge in [0.25, 0.3) is 11.5 Å². The summed E-state index contributed by atoms with van der Waals surface area (Å²) >= 11 is 11.9. The van der Waals surface area contributed by atoms with Crippen LogP contribution < -0.4 is 11.3 Å². The standard InChI is InChI=1S/C16H16Cl2N4O2/c17-11-3-10(4-12(18)5-11)14-20-7-13(15(23)21-14)16(24)22-2-1-9(6-19)8-22/h3-5,7,9H,1-2,6,8,19H2,(H,20,21,23)/t9-/m1/s1. The van der Waals surface area contributed by atoms with E-state index in [0.29, 0.717) is 41.1 Å². The molecule has 0 bridgehead atoms. The van der Waals surface area contributed by atoms with Gasteiger partial charge in [0.15, 0.2) is 0 Å².